The Bertz CT molecular complexity index is 170. The van der Waals surface area contributed by atoms with Crippen molar-refractivity contribution in [2.24, 2.45) is 5.73 Å². The molecular formula is C11H24N2O. The van der Waals surface area contributed by atoms with Gasteiger partial charge in [0.2, 0.25) is 0 Å². The minimum atomic E-state index is -0.246. The Labute approximate surface area is 87.6 Å². The summed E-state index contributed by atoms with van der Waals surface area (Å²) in [5.74, 6) is 0. The van der Waals surface area contributed by atoms with Gasteiger partial charge in [-0.1, -0.05) is 0 Å². The van der Waals surface area contributed by atoms with Gasteiger partial charge in [-0.2, -0.15) is 0 Å². The van der Waals surface area contributed by atoms with E-state index in [-0.39, 0.29) is 17.2 Å². The maximum Gasteiger partial charge on any atom is 0.0876 e. The number of morpholine rings is 1. The van der Waals surface area contributed by atoms with Crippen LogP contribution in [-0.4, -0.2) is 41.8 Å². The molecule has 0 bridgehead atoms. The average Bonchev–Trinajstić information content (AvgIpc) is 2.01. The molecule has 3 heteroatoms. The summed E-state index contributed by atoms with van der Waals surface area (Å²) in [7, 11) is 0. The molecule has 84 valence electrons. The zero-order valence-electron chi connectivity index (χ0n) is 10.1. The van der Waals surface area contributed by atoms with Crippen molar-refractivity contribution in [2.75, 3.05) is 19.7 Å². The van der Waals surface area contributed by atoms with Crippen molar-refractivity contribution in [2.45, 2.75) is 51.8 Å². The summed E-state index contributed by atoms with van der Waals surface area (Å²) >= 11 is 0. The van der Waals surface area contributed by atoms with E-state index >= 15 is 0 Å². The van der Waals surface area contributed by atoms with E-state index in [1.807, 2.05) is 13.8 Å². The lowest BCUT2D eigenvalue weighted by Crippen LogP contribution is -2.59. The third-order valence-electron chi connectivity index (χ3n) is 2.84. The van der Waals surface area contributed by atoms with Gasteiger partial charge in [-0.25, -0.2) is 0 Å². The minimum absolute atomic E-state index is 0.149. The van der Waals surface area contributed by atoms with Crippen molar-refractivity contribution in [3.8, 4) is 0 Å². The summed E-state index contributed by atoms with van der Waals surface area (Å²) in [4.78, 5) is 2.44. The van der Waals surface area contributed by atoms with E-state index in [0.29, 0.717) is 0 Å². The number of ether oxygens (including phenoxy) is 1. The van der Waals surface area contributed by atoms with E-state index < -0.39 is 0 Å². The van der Waals surface area contributed by atoms with Gasteiger partial charge in [0.1, 0.15) is 0 Å². The molecular weight excluding hydrogens is 176 g/mol. The van der Waals surface area contributed by atoms with Crippen LogP contribution in [0.5, 0.6) is 0 Å². The zero-order chi connectivity index (χ0) is 11.0. The Morgan fingerprint density at radius 1 is 1.21 bits per heavy atom. The number of nitrogens with two attached hydrogens (primary N) is 1. The maximum absolute atomic E-state index is 6.06. The fraction of sp³-hybridized carbons (Fsp3) is 1.00. The maximum atomic E-state index is 6.06. The molecule has 0 aromatic rings. The largest absolute Gasteiger partial charge is 0.374 e. The molecule has 2 N–H and O–H groups in total. The van der Waals surface area contributed by atoms with Crippen LogP contribution < -0.4 is 5.73 Å². The molecule has 0 aliphatic carbocycles. The van der Waals surface area contributed by atoms with Gasteiger partial charge in [-0.15, -0.1) is 0 Å². The predicted octanol–water partition coefficient (Wildman–Crippen LogP) is 1.22. The summed E-state index contributed by atoms with van der Waals surface area (Å²) < 4.78 is 5.70. The second-order valence-corrected chi connectivity index (χ2v) is 5.80. The topological polar surface area (TPSA) is 38.5 Å². The molecule has 1 fully saturated rings. The molecule has 1 aliphatic rings. The van der Waals surface area contributed by atoms with Crippen LogP contribution in [0, 0.1) is 0 Å². The quantitative estimate of drug-likeness (QED) is 0.692. The Kier molecular flexibility index (Phi) is 3.24. The van der Waals surface area contributed by atoms with Gasteiger partial charge < -0.3 is 10.5 Å². The molecule has 0 spiro atoms. The van der Waals surface area contributed by atoms with E-state index in [4.69, 9.17) is 10.5 Å². The fourth-order valence-electron chi connectivity index (χ4n) is 1.71. The lowest BCUT2D eigenvalue weighted by atomic mass is 9.95. The van der Waals surface area contributed by atoms with Crippen molar-refractivity contribution in [3.05, 3.63) is 0 Å². The first-order chi connectivity index (χ1) is 6.21. The van der Waals surface area contributed by atoms with E-state index in [9.17, 15) is 0 Å². The third-order valence-corrected chi connectivity index (χ3v) is 2.84. The van der Waals surface area contributed by atoms with Gasteiger partial charge >= 0.3 is 0 Å². The molecule has 0 amide bonds. The van der Waals surface area contributed by atoms with Crippen molar-refractivity contribution in [1.29, 1.82) is 0 Å². The molecule has 1 aliphatic heterocycles. The number of hydrogen-bond acceptors (Lipinski definition) is 3. The first-order valence-corrected chi connectivity index (χ1v) is 5.37. The van der Waals surface area contributed by atoms with Gasteiger partial charge in [-0.05, 0) is 34.6 Å². The summed E-state index contributed by atoms with van der Waals surface area (Å²) in [5.41, 5.74) is 6.03. The highest BCUT2D eigenvalue weighted by atomic mass is 16.5. The highest BCUT2D eigenvalue weighted by molar-refractivity contribution is 4.91. The number of nitrogens with zero attached hydrogens (tertiary/aromatic N) is 1. The first kappa shape index (κ1) is 12.0. The van der Waals surface area contributed by atoms with Crippen molar-refractivity contribution >= 4 is 0 Å². The molecule has 1 heterocycles. The van der Waals surface area contributed by atoms with Crippen LogP contribution in [0.3, 0.4) is 0 Å². The second kappa shape index (κ2) is 3.80. The van der Waals surface area contributed by atoms with E-state index in [1.165, 1.54) is 0 Å². The molecule has 0 radical (unpaired) electrons. The van der Waals surface area contributed by atoms with Crippen molar-refractivity contribution < 1.29 is 4.74 Å². The highest BCUT2D eigenvalue weighted by Crippen LogP contribution is 2.21. The van der Waals surface area contributed by atoms with Gasteiger partial charge in [0.05, 0.1) is 12.7 Å². The normalized spacial score (nSPS) is 26.6. The fourth-order valence-corrected chi connectivity index (χ4v) is 1.71. The molecule has 0 aromatic carbocycles. The van der Waals surface area contributed by atoms with Crippen LogP contribution in [0.25, 0.3) is 0 Å². The van der Waals surface area contributed by atoms with E-state index in [0.717, 1.165) is 19.7 Å². The summed E-state index contributed by atoms with van der Waals surface area (Å²) in [6.07, 6.45) is 0.149. The monoisotopic (exact) mass is 200 g/mol. The Balaban J connectivity index is 2.61. The van der Waals surface area contributed by atoms with Crippen molar-refractivity contribution in [1.82, 2.24) is 4.90 Å². The second-order valence-electron chi connectivity index (χ2n) is 5.80. The molecule has 3 nitrogen and oxygen atoms in total. The van der Waals surface area contributed by atoms with Crippen LogP contribution in [0.2, 0.25) is 0 Å². The van der Waals surface area contributed by atoms with Crippen LogP contribution >= 0.6 is 0 Å². The summed E-state index contributed by atoms with van der Waals surface area (Å²) in [5, 5.41) is 0. The highest BCUT2D eigenvalue weighted by Gasteiger charge is 2.34. The van der Waals surface area contributed by atoms with E-state index in [1.54, 1.807) is 0 Å². The molecule has 0 saturated carbocycles. The van der Waals surface area contributed by atoms with Crippen LogP contribution in [0.15, 0.2) is 0 Å². The summed E-state index contributed by atoms with van der Waals surface area (Å²) in [6.45, 7) is 13.5. The van der Waals surface area contributed by atoms with E-state index in [2.05, 4.69) is 25.7 Å². The third kappa shape index (κ3) is 2.94. The zero-order valence-corrected chi connectivity index (χ0v) is 10.1. The average molecular weight is 200 g/mol. The number of hydrogen-bond donors (Lipinski definition) is 1. The molecule has 0 unspecified atom stereocenters. The minimum Gasteiger partial charge on any atom is -0.374 e. The van der Waals surface area contributed by atoms with Gasteiger partial charge in [0.25, 0.3) is 0 Å². The van der Waals surface area contributed by atoms with Crippen LogP contribution in [0.4, 0.5) is 0 Å². The lowest BCUT2D eigenvalue weighted by Gasteiger charge is -2.45. The Morgan fingerprint density at radius 2 is 1.79 bits per heavy atom. The smallest absolute Gasteiger partial charge is 0.0876 e. The van der Waals surface area contributed by atoms with Gasteiger partial charge in [0.15, 0.2) is 0 Å². The predicted molar refractivity (Wildman–Crippen MR) is 59.3 cm³/mol. The lowest BCUT2D eigenvalue weighted by molar-refractivity contribution is -0.0826. The Hall–Kier alpha value is -0.120. The molecule has 1 atom stereocenters. The standard InChI is InChI=1S/C11H24N2O/c1-10(2,3)13-6-7-14-9(8-13)11(4,5)12/h9H,6-8,12H2,1-5H3/t9-/m1/s1. The van der Waals surface area contributed by atoms with Crippen molar-refractivity contribution in [3.63, 3.8) is 0 Å². The Morgan fingerprint density at radius 3 is 2.21 bits per heavy atom. The first-order valence-electron chi connectivity index (χ1n) is 5.37. The SMILES string of the molecule is CC(C)(N)[C@H]1CN(C(C)(C)C)CCO1. The van der Waals surface area contributed by atoms with Crippen LogP contribution in [-0.2, 0) is 4.74 Å². The molecule has 1 saturated heterocycles. The summed E-state index contributed by atoms with van der Waals surface area (Å²) in [6, 6.07) is 0. The molecule has 0 aromatic heterocycles. The molecule has 1 rings (SSSR count). The van der Waals surface area contributed by atoms with Gasteiger partial charge in [0, 0.05) is 24.2 Å². The van der Waals surface area contributed by atoms with Gasteiger partial charge in [-0.3, -0.25) is 4.90 Å². The van der Waals surface area contributed by atoms with Crippen LogP contribution in [0.1, 0.15) is 34.6 Å². The number of rotatable bonds is 1. The molecule has 14 heavy (non-hydrogen) atoms.